The van der Waals surface area contributed by atoms with Gasteiger partial charge in [0.05, 0.1) is 11.9 Å². The Morgan fingerprint density at radius 2 is 1.59 bits per heavy atom. The average Bonchev–Trinajstić information content (AvgIpc) is 3.20. The van der Waals surface area contributed by atoms with Crippen LogP contribution < -0.4 is 4.74 Å². The van der Waals surface area contributed by atoms with E-state index in [2.05, 4.69) is 10.3 Å². The molecule has 0 atom stereocenters. The standard InChI is InChI=1S/C21H15N3O3/c25-21(26)19-14-22-23-24(19)16-12-10-15(11-13-16)18-8-4-5-9-20(18)27-17-6-2-1-3-7-17/h1-14H,(H,25,26). The summed E-state index contributed by atoms with van der Waals surface area (Å²) in [4.78, 5) is 11.2. The van der Waals surface area contributed by atoms with E-state index in [0.29, 0.717) is 5.69 Å². The van der Waals surface area contributed by atoms with Gasteiger partial charge in [0, 0.05) is 5.56 Å². The number of aromatic nitrogens is 3. The third-order valence-corrected chi connectivity index (χ3v) is 4.05. The highest BCUT2D eigenvalue weighted by Gasteiger charge is 2.13. The van der Waals surface area contributed by atoms with Crippen molar-refractivity contribution in [3.05, 3.63) is 90.8 Å². The second-order valence-electron chi connectivity index (χ2n) is 5.79. The molecule has 0 fully saturated rings. The number of nitrogens with zero attached hydrogens (tertiary/aromatic N) is 3. The van der Waals surface area contributed by atoms with Gasteiger partial charge >= 0.3 is 5.97 Å². The fourth-order valence-electron chi connectivity index (χ4n) is 2.76. The molecule has 6 heteroatoms. The Balaban J connectivity index is 1.67. The summed E-state index contributed by atoms with van der Waals surface area (Å²) < 4.78 is 7.30. The van der Waals surface area contributed by atoms with Crippen molar-refractivity contribution in [1.82, 2.24) is 15.0 Å². The van der Waals surface area contributed by atoms with Crippen LogP contribution in [0.25, 0.3) is 16.8 Å². The smallest absolute Gasteiger partial charge is 0.356 e. The zero-order valence-corrected chi connectivity index (χ0v) is 14.2. The molecule has 27 heavy (non-hydrogen) atoms. The monoisotopic (exact) mass is 357 g/mol. The Morgan fingerprint density at radius 3 is 2.33 bits per heavy atom. The van der Waals surface area contributed by atoms with E-state index < -0.39 is 5.97 Å². The lowest BCUT2D eigenvalue weighted by atomic mass is 10.0. The highest BCUT2D eigenvalue weighted by atomic mass is 16.5. The summed E-state index contributed by atoms with van der Waals surface area (Å²) in [5.41, 5.74) is 2.51. The van der Waals surface area contributed by atoms with E-state index in [1.165, 1.54) is 10.9 Å². The molecule has 0 radical (unpaired) electrons. The van der Waals surface area contributed by atoms with Crippen molar-refractivity contribution < 1.29 is 14.6 Å². The fourth-order valence-corrected chi connectivity index (χ4v) is 2.76. The van der Waals surface area contributed by atoms with Gasteiger partial charge in [-0.1, -0.05) is 53.7 Å². The first-order chi connectivity index (χ1) is 13.2. The van der Waals surface area contributed by atoms with Crippen molar-refractivity contribution in [3.8, 4) is 28.3 Å². The highest BCUT2D eigenvalue weighted by molar-refractivity contribution is 5.86. The van der Waals surface area contributed by atoms with Gasteiger partial charge in [0.1, 0.15) is 11.5 Å². The molecule has 6 nitrogen and oxygen atoms in total. The average molecular weight is 357 g/mol. The Hall–Kier alpha value is -3.93. The van der Waals surface area contributed by atoms with Crippen molar-refractivity contribution in [1.29, 1.82) is 0 Å². The van der Waals surface area contributed by atoms with Gasteiger partial charge < -0.3 is 9.84 Å². The first-order valence-electron chi connectivity index (χ1n) is 8.29. The number of carboxylic acids is 1. The van der Waals surface area contributed by atoms with Gasteiger partial charge in [-0.05, 0) is 35.9 Å². The van der Waals surface area contributed by atoms with Gasteiger partial charge in [-0.2, -0.15) is 0 Å². The maximum Gasteiger partial charge on any atom is 0.356 e. The number of rotatable bonds is 5. The molecule has 132 valence electrons. The third-order valence-electron chi connectivity index (χ3n) is 4.05. The molecule has 0 spiro atoms. The maximum atomic E-state index is 11.2. The summed E-state index contributed by atoms with van der Waals surface area (Å²) in [5, 5.41) is 16.7. The van der Waals surface area contributed by atoms with Crippen molar-refractivity contribution in [2.75, 3.05) is 0 Å². The van der Waals surface area contributed by atoms with Gasteiger partial charge in [0.15, 0.2) is 5.69 Å². The molecule has 4 rings (SSSR count). The van der Waals surface area contributed by atoms with E-state index in [1.54, 1.807) is 12.1 Å². The second kappa shape index (κ2) is 7.13. The molecule has 0 aliphatic heterocycles. The highest BCUT2D eigenvalue weighted by Crippen LogP contribution is 2.33. The third kappa shape index (κ3) is 3.41. The lowest BCUT2D eigenvalue weighted by Crippen LogP contribution is -2.07. The SMILES string of the molecule is O=C(O)c1cnnn1-c1ccc(-c2ccccc2Oc2ccccc2)cc1. The van der Waals surface area contributed by atoms with E-state index in [-0.39, 0.29) is 5.69 Å². The fraction of sp³-hybridized carbons (Fsp3) is 0. The summed E-state index contributed by atoms with van der Waals surface area (Å²) in [5.74, 6) is 0.421. The number of carbonyl (C=O) groups is 1. The summed E-state index contributed by atoms with van der Waals surface area (Å²) in [6, 6.07) is 24.7. The second-order valence-corrected chi connectivity index (χ2v) is 5.79. The first kappa shape index (κ1) is 16.5. The molecular formula is C21H15N3O3. The number of aromatic carboxylic acids is 1. The van der Waals surface area contributed by atoms with Crippen LogP contribution in [-0.4, -0.2) is 26.1 Å². The number of carboxylic acid groups (broad SMARTS) is 1. The predicted molar refractivity (Wildman–Crippen MR) is 100 cm³/mol. The van der Waals surface area contributed by atoms with Crippen LogP contribution in [0.4, 0.5) is 0 Å². The summed E-state index contributed by atoms with van der Waals surface area (Å²) in [6.45, 7) is 0. The molecule has 3 aromatic carbocycles. The van der Waals surface area contributed by atoms with E-state index in [1.807, 2.05) is 66.7 Å². The van der Waals surface area contributed by atoms with Crippen molar-refractivity contribution >= 4 is 5.97 Å². The molecule has 0 saturated carbocycles. The van der Waals surface area contributed by atoms with E-state index in [9.17, 15) is 9.90 Å². The summed E-state index contributed by atoms with van der Waals surface area (Å²) in [6.07, 6.45) is 1.22. The Bertz CT molecular complexity index is 1070. The summed E-state index contributed by atoms with van der Waals surface area (Å²) in [7, 11) is 0. The van der Waals surface area contributed by atoms with Crippen LogP contribution in [0.5, 0.6) is 11.5 Å². The topological polar surface area (TPSA) is 77.2 Å². The number of hydrogen-bond acceptors (Lipinski definition) is 4. The van der Waals surface area contributed by atoms with Gasteiger partial charge in [-0.25, -0.2) is 9.48 Å². The molecule has 0 saturated heterocycles. The van der Waals surface area contributed by atoms with Crippen LogP contribution in [-0.2, 0) is 0 Å². The summed E-state index contributed by atoms with van der Waals surface area (Å²) >= 11 is 0. The molecule has 0 aliphatic rings. The molecule has 4 aromatic rings. The van der Waals surface area contributed by atoms with Crippen molar-refractivity contribution in [2.45, 2.75) is 0 Å². The van der Waals surface area contributed by atoms with Gasteiger partial charge in [0.2, 0.25) is 0 Å². The van der Waals surface area contributed by atoms with Crippen LogP contribution in [0, 0.1) is 0 Å². The number of benzene rings is 3. The molecule has 1 heterocycles. The van der Waals surface area contributed by atoms with E-state index in [4.69, 9.17) is 4.74 Å². The normalized spacial score (nSPS) is 10.5. The minimum absolute atomic E-state index is 0.00978. The molecule has 0 bridgehead atoms. The van der Waals surface area contributed by atoms with Crippen molar-refractivity contribution in [2.24, 2.45) is 0 Å². The predicted octanol–water partition coefficient (Wildman–Crippen LogP) is 4.42. The molecule has 0 unspecified atom stereocenters. The number of hydrogen-bond donors (Lipinski definition) is 1. The van der Waals surface area contributed by atoms with Crippen LogP contribution in [0.15, 0.2) is 85.1 Å². The Labute approximate surface area is 155 Å². The minimum atomic E-state index is -1.08. The van der Waals surface area contributed by atoms with Gasteiger partial charge in [-0.15, -0.1) is 5.10 Å². The Morgan fingerprint density at radius 1 is 0.889 bits per heavy atom. The first-order valence-corrected chi connectivity index (χ1v) is 8.29. The largest absolute Gasteiger partial charge is 0.476 e. The molecule has 0 aliphatic carbocycles. The number of para-hydroxylation sites is 2. The zero-order chi connectivity index (χ0) is 18.6. The maximum absolute atomic E-state index is 11.2. The molecular weight excluding hydrogens is 342 g/mol. The van der Waals surface area contributed by atoms with Crippen LogP contribution >= 0.6 is 0 Å². The van der Waals surface area contributed by atoms with Crippen LogP contribution in [0.2, 0.25) is 0 Å². The number of ether oxygens (including phenoxy) is 1. The molecule has 1 N–H and O–H groups in total. The van der Waals surface area contributed by atoms with Crippen molar-refractivity contribution in [3.63, 3.8) is 0 Å². The molecule has 1 aromatic heterocycles. The van der Waals surface area contributed by atoms with Gasteiger partial charge in [0.25, 0.3) is 0 Å². The van der Waals surface area contributed by atoms with E-state index >= 15 is 0 Å². The quantitative estimate of drug-likeness (QED) is 0.572. The van der Waals surface area contributed by atoms with Crippen LogP contribution in [0.1, 0.15) is 10.5 Å². The molecule has 0 amide bonds. The lowest BCUT2D eigenvalue weighted by molar-refractivity contribution is 0.0687. The lowest BCUT2D eigenvalue weighted by Gasteiger charge is -2.12. The minimum Gasteiger partial charge on any atom is -0.476 e. The van der Waals surface area contributed by atoms with Gasteiger partial charge in [-0.3, -0.25) is 0 Å². The van der Waals surface area contributed by atoms with Crippen LogP contribution in [0.3, 0.4) is 0 Å². The van der Waals surface area contributed by atoms with E-state index in [0.717, 1.165) is 22.6 Å². The zero-order valence-electron chi connectivity index (χ0n) is 14.2. The Kier molecular flexibility index (Phi) is 4.37.